The van der Waals surface area contributed by atoms with Gasteiger partial charge in [-0.15, -0.1) is 0 Å². The van der Waals surface area contributed by atoms with Crippen LogP contribution in [0.5, 0.6) is 0 Å². The number of nitrogens with two attached hydrogens (primary N) is 1. The molecular formula is C14H27N7. The smallest absolute Gasteiger partial charge is 0.243 e. The zero-order valence-electron chi connectivity index (χ0n) is 13.3. The van der Waals surface area contributed by atoms with Gasteiger partial charge in [-0.1, -0.05) is 13.3 Å². The summed E-state index contributed by atoms with van der Waals surface area (Å²) in [5, 5.41) is 0. The van der Waals surface area contributed by atoms with Crippen LogP contribution < -0.4 is 21.1 Å². The fourth-order valence-electron chi connectivity index (χ4n) is 2.36. The van der Waals surface area contributed by atoms with Gasteiger partial charge in [-0.25, -0.2) is 5.84 Å². The lowest BCUT2D eigenvalue weighted by atomic mass is 10.3. The predicted molar refractivity (Wildman–Crippen MR) is 86.5 cm³/mol. The van der Waals surface area contributed by atoms with E-state index in [2.05, 4.69) is 50.9 Å². The number of rotatable bonds is 9. The van der Waals surface area contributed by atoms with Crippen LogP contribution in [0, 0.1) is 0 Å². The molecule has 118 valence electrons. The summed E-state index contributed by atoms with van der Waals surface area (Å²) < 4.78 is 0. The number of anilines is 3. The SMILES string of the molecule is CCCCN(c1nc(NN)nc(N(CC)CC)n1)C1CC1. The van der Waals surface area contributed by atoms with Crippen molar-refractivity contribution in [2.45, 2.75) is 52.5 Å². The highest BCUT2D eigenvalue weighted by Gasteiger charge is 2.31. The van der Waals surface area contributed by atoms with Gasteiger partial charge in [0.2, 0.25) is 17.8 Å². The van der Waals surface area contributed by atoms with E-state index in [1.54, 1.807) is 0 Å². The number of nitrogens with one attached hydrogen (secondary N) is 1. The second-order valence-electron chi connectivity index (χ2n) is 5.35. The minimum atomic E-state index is 0.434. The van der Waals surface area contributed by atoms with Crippen molar-refractivity contribution < 1.29 is 0 Å². The highest BCUT2D eigenvalue weighted by molar-refractivity contribution is 5.46. The van der Waals surface area contributed by atoms with E-state index in [4.69, 9.17) is 5.84 Å². The van der Waals surface area contributed by atoms with Gasteiger partial charge in [0.05, 0.1) is 0 Å². The Kier molecular flexibility index (Phi) is 5.55. The molecule has 0 unspecified atom stereocenters. The summed E-state index contributed by atoms with van der Waals surface area (Å²) in [6, 6.07) is 0.578. The summed E-state index contributed by atoms with van der Waals surface area (Å²) in [5.41, 5.74) is 2.57. The zero-order chi connectivity index (χ0) is 15.2. The molecule has 0 aliphatic heterocycles. The third-order valence-electron chi connectivity index (χ3n) is 3.78. The van der Waals surface area contributed by atoms with Crippen LogP contribution in [0.25, 0.3) is 0 Å². The van der Waals surface area contributed by atoms with E-state index in [9.17, 15) is 0 Å². The van der Waals surface area contributed by atoms with Crippen LogP contribution in [-0.2, 0) is 0 Å². The van der Waals surface area contributed by atoms with Crippen LogP contribution in [0.4, 0.5) is 17.8 Å². The van der Waals surface area contributed by atoms with Crippen LogP contribution >= 0.6 is 0 Å². The lowest BCUT2D eigenvalue weighted by molar-refractivity contribution is 0.688. The van der Waals surface area contributed by atoms with Crippen LogP contribution in [0.3, 0.4) is 0 Å². The Morgan fingerprint density at radius 3 is 2.29 bits per heavy atom. The van der Waals surface area contributed by atoms with Crippen molar-refractivity contribution in [3.8, 4) is 0 Å². The van der Waals surface area contributed by atoms with Crippen molar-refractivity contribution >= 4 is 17.8 Å². The molecule has 0 spiro atoms. The number of aromatic nitrogens is 3. The number of hydrogen-bond acceptors (Lipinski definition) is 7. The Balaban J connectivity index is 2.29. The highest BCUT2D eigenvalue weighted by Crippen LogP contribution is 2.31. The van der Waals surface area contributed by atoms with E-state index < -0.39 is 0 Å². The van der Waals surface area contributed by atoms with Crippen LogP contribution in [0.15, 0.2) is 0 Å². The van der Waals surface area contributed by atoms with Crippen LogP contribution in [0.1, 0.15) is 46.5 Å². The van der Waals surface area contributed by atoms with Crippen LogP contribution in [0.2, 0.25) is 0 Å². The van der Waals surface area contributed by atoms with Crippen molar-refractivity contribution in [3.63, 3.8) is 0 Å². The molecule has 0 saturated heterocycles. The molecule has 1 saturated carbocycles. The third kappa shape index (κ3) is 3.93. The summed E-state index contributed by atoms with van der Waals surface area (Å²) in [6.45, 7) is 9.11. The van der Waals surface area contributed by atoms with Gasteiger partial charge in [0, 0.05) is 25.7 Å². The Bertz CT molecular complexity index is 443. The van der Waals surface area contributed by atoms with E-state index in [1.807, 2.05) is 0 Å². The summed E-state index contributed by atoms with van der Waals surface area (Å²) in [5.74, 6) is 7.40. The number of unbranched alkanes of at least 4 members (excludes halogenated alkanes) is 1. The van der Waals surface area contributed by atoms with Crippen molar-refractivity contribution in [1.82, 2.24) is 15.0 Å². The molecule has 0 aromatic carbocycles. The topological polar surface area (TPSA) is 83.2 Å². The molecule has 0 atom stereocenters. The first-order valence-electron chi connectivity index (χ1n) is 7.97. The zero-order valence-corrected chi connectivity index (χ0v) is 13.3. The van der Waals surface area contributed by atoms with Crippen molar-refractivity contribution in [1.29, 1.82) is 0 Å². The molecule has 1 heterocycles. The van der Waals surface area contributed by atoms with Gasteiger partial charge in [0.15, 0.2) is 0 Å². The summed E-state index contributed by atoms with van der Waals surface area (Å²) in [4.78, 5) is 17.9. The molecule has 0 amide bonds. The molecule has 1 aromatic heterocycles. The maximum atomic E-state index is 5.52. The van der Waals surface area contributed by atoms with Gasteiger partial charge < -0.3 is 9.80 Å². The second-order valence-corrected chi connectivity index (χ2v) is 5.35. The lowest BCUT2D eigenvalue weighted by Crippen LogP contribution is -2.31. The van der Waals surface area contributed by atoms with Gasteiger partial charge in [0.25, 0.3) is 0 Å². The highest BCUT2D eigenvalue weighted by atomic mass is 15.4. The summed E-state index contributed by atoms with van der Waals surface area (Å²) in [6.07, 6.45) is 4.76. The summed E-state index contributed by atoms with van der Waals surface area (Å²) >= 11 is 0. The molecular weight excluding hydrogens is 266 g/mol. The molecule has 2 rings (SSSR count). The van der Waals surface area contributed by atoms with E-state index >= 15 is 0 Å². The minimum absolute atomic E-state index is 0.434. The van der Waals surface area contributed by atoms with Gasteiger partial charge in [-0.3, -0.25) is 5.43 Å². The molecule has 21 heavy (non-hydrogen) atoms. The van der Waals surface area contributed by atoms with E-state index in [0.29, 0.717) is 17.9 Å². The molecule has 1 aliphatic carbocycles. The fraction of sp³-hybridized carbons (Fsp3) is 0.786. The van der Waals surface area contributed by atoms with Crippen LogP contribution in [-0.4, -0.2) is 40.6 Å². The molecule has 0 radical (unpaired) electrons. The number of hydrazine groups is 1. The quantitative estimate of drug-likeness (QED) is 0.530. The molecule has 7 heteroatoms. The van der Waals surface area contributed by atoms with E-state index in [-0.39, 0.29) is 0 Å². The monoisotopic (exact) mass is 293 g/mol. The maximum absolute atomic E-state index is 5.52. The average Bonchev–Trinajstić information content (AvgIpc) is 3.33. The Morgan fingerprint density at radius 1 is 1.10 bits per heavy atom. The van der Waals surface area contributed by atoms with Crippen molar-refractivity contribution in [3.05, 3.63) is 0 Å². The van der Waals surface area contributed by atoms with Crippen molar-refractivity contribution in [2.75, 3.05) is 34.9 Å². The molecule has 3 N–H and O–H groups in total. The number of hydrogen-bond donors (Lipinski definition) is 2. The summed E-state index contributed by atoms with van der Waals surface area (Å²) in [7, 11) is 0. The predicted octanol–water partition coefficient (Wildman–Crippen LogP) is 1.77. The van der Waals surface area contributed by atoms with E-state index in [1.165, 1.54) is 19.3 Å². The van der Waals surface area contributed by atoms with Gasteiger partial charge >= 0.3 is 0 Å². The Labute approximate surface area is 126 Å². The Hall–Kier alpha value is -1.63. The van der Waals surface area contributed by atoms with Crippen molar-refractivity contribution in [2.24, 2.45) is 5.84 Å². The first-order chi connectivity index (χ1) is 10.2. The first kappa shape index (κ1) is 15.8. The third-order valence-corrected chi connectivity index (χ3v) is 3.78. The maximum Gasteiger partial charge on any atom is 0.243 e. The largest absolute Gasteiger partial charge is 0.341 e. The lowest BCUT2D eigenvalue weighted by Gasteiger charge is -2.25. The molecule has 1 aromatic rings. The Morgan fingerprint density at radius 2 is 1.76 bits per heavy atom. The van der Waals surface area contributed by atoms with E-state index in [0.717, 1.165) is 32.0 Å². The first-order valence-corrected chi connectivity index (χ1v) is 7.97. The molecule has 1 aliphatic rings. The molecule has 0 bridgehead atoms. The molecule has 7 nitrogen and oxygen atoms in total. The normalized spacial score (nSPS) is 14.1. The number of nitrogen functional groups attached to an aromatic ring is 1. The van der Waals surface area contributed by atoms with Gasteiger partial charge in [0.1, 0.15) is 0 Å². The second kappa shape index (κ2) is 7.40. The van der Waals surface area contributed by atoms with Gasteiger partial charge in [-0.05, 0) is 33.1 Å². The minimum Gasteiger partial charge on any atom is -0.341 e. The number of nitrogens with zero attached hydrogens (tertiary/aromatic N) is 5. The standard InChI is InChI=1S/C14H27N7/c1-4-7-10-21(11-8-9-11)14-17-12(19-15)16-13(18-14)20(5-2)6-3/h11H,4-10,15H2,1-3H3,(H,16,17,18,19). The average molecular weight is 293 g/mol. The molecule has 1 fully saturated rings. The fourth-order valence-corrected chi connectivity index (χ4v) is 2.36. The van der Waals surface area contributed by atoms with Gasteiger partial charge in [-0.2, -0.15) is 15.0 Å².